The molecular formula is C11H14F3NO. The molecule has 0 amide bonds. The van der Waals surface area contributed by atoms with Crippen LogP contribution in [0.3, 0.4) is 0 Å². The number of benzene rings is 1. The van der Waals surface area contributed by atoms with Gasteiger partial charge >= 0.3 is 0 Å². The maximum atomic E-state index is 12.8. The Bertz CT molecular complexity index is 321. The molecule has 0 heterocycles. The predicted octanol–water partition coefficient (Wildman–Crippen LogP) is 2.94. The van der Waals surface area contributed by atoms with E-state index in [1.807, 2.05) is 6.92 Å². The van der Waals surface area contributed by atoms with E-state index in [4.69, 9.17) is 4.74 Å². The van der Waals surface area contributed by atoms with Crippen LogP contribution in [0.2, 0.25) is 0 Å². The van der Waals surface area contributed by atoms with Gasteiger partial charge in [-0.1, -0.05) is 0 Å². The monoisotopic (exact) mass is 233 g/mol. The Balaban J connectivity index is 2.43. The van der Waals surface area contributed by atoms with Crippen molar-refractivity contribution in [1.29, 1.82) is 0 Å². The van der Waals surface area contributed by atoms with Crippen LogP contribution >= 0.6 is 0 Å². The van der Waals surface area contributed by atoms with Gasteiger partial charge < -0.3 is 10.1 Å². The molecule has 0 aliphatic carbocycles. The number of hydrogen-bond acceptors (Lipinski definition) is 2. The molecule has 0 saturated heterocycles. The van der Waals surface area contributed by atoms with Gasteiger partial charge in [-0.05, 0) is 13.3 Å². The van der Waals surface area contributed by atoms with Crippen molar-refractivity contribution < 1.29 is 17.9 Å². The largest absolute Gasteiger partial charge is 0.385 e. The standard InChI is InChI=1S/C11H14F3NO/c1-2-16-5-3-4-15-8-6-9(12)11(14)10(13)7-8/h6-7,15H,2-5H2,1H3. The molecule has 16 heavy (non-hydrogen) atoms. The summed E-state index contributed by atoms with van der Waals surface area (Å²) >= 11 is 0. The van der Waals surface area contributed by atoms with Crippen molar-refractivity contribution in [1.82, 2.24) is 0 Å². The Morgan fingerprint density at radius 3 is 2.38 bits per heavy atom. The van der Waals surface area contributed by atoms with E-state index in [0.29, 0.717) is 26.2 Å². The van der Waals surface area contributed by atoms with Gasteiger partial charge in [-0.3, -0.25) is 0 Å². The molecule has 0 spiro atoms. The molecule has 1 aromatic carbocycles. The van der Waals surface area contributed by atoms with Gasteiger partial charge in [-0.15, -0.1) is 0 Å². The summed E-state index contributed by atoms with van der Waals surface area (Å²) < 4.78 is 43.3. The Morgan fingerprint density at radius 1 is 1.19 bits per heavy atom. The molecular weight excluding hydrogens is 219 g/mol. The molecule has 1 aromatic rings. The van der Waals surface area contributed by atoms with E-state index < -0.39 is 17.5 Å². The minimum Gasteiger partial charge on any atom is -0.385 e. The number of halogens is 3. The Hall–Kier alpha value is -1.23. The predicted molar refractivity (Wildman–Crippen MR) is 55.9 cm³/mol. The van der Waals surface area contributed by atoms with E-state index in [1.165, 1.54) is 0 Å². The second kappa shape index (κ2) is 6.37. The van der Waals surface area contributed by atoms with Gasteiger partial charge in [0.15, 0.2) is 17.5 Å². The van der Waals surface area contributed by atoms with Crippen LogP contribution in [-0.2, 0) is 4.74 Å². The number of rotatable bonds is 6. The fraction of sp³-hybridized carbons (Fsp3) is 0.455. The van der Waals surface area contributed by atoms with Crippen LogP contribution in [0.4, 0.5) is 18.9 Å². The number of nitrogens with one attached hydrogen (secondary N) is 1. The van der Waals surface area contributed by atoms with Crippen LogP contribution in [0.5, 0.6) is 0 Å². The zero-order valence-corrected chi connectivity index (χ0v) is 9.03. The smallest absolute Gasteiger partial charge is 0.194 e. The molecule has 0 aliphatic rings. The summed E-state index contributed by atoms with van der Waals surface area (Å²) in [5.74, 6) is -3.82. The average molecular weight is 233 g/mol. The summed E-state index contributed by atoms with van der Waals surface area (Å²) in [4.78, 5) is 0. The maximum Gasteiger partial charge on any atom is 0.194 e. The minimum atomic E-state index is -1.44. The molecule has 5 heteroatoms. The van der Waals surface area contributed by atoms with Gasteiger partial charge in [-0.2, -0.15) is 0 Å². The van der Waals surface area contributed by atoms with Crippen molar-refractivity contribution in [3.05, 3.63) is 29.6 Å². The lowest BCUT2D eigenvalue weighted by molar-refractivity contribution is 0.147. The van der Waals surface area contributed by atoms with Crippen molar-refractivity contribution >= 4 is 5.69 Å². The second-order valence-corrected chi connectivity index (χ2v) is 3.23. The van der Waals surface area contributed by atoms with E-state index in [0.717, 1.165) is 12.1 Å². The third-order valence-corrected chi connectivity index (χ3v) is 1.98. The molecule has 0 saturated carbocycles. The highest BCUT2D eigenvalue weighted by Crippen LogP contribution is 2.17. The van der Waals surface area contributed by atoms with E-state index in [1.54, 1.807) is 0 Å². The molecule has 0 bridgehead atoms. The van der Waals surface area contributed by atoms with Gasteiger partial charge in [-0.25, -0.2) is 13.2 Å². The fourth-order valence-electron chi connectivity index (χ4n) is 1.21. The molecule has 90 valence electrons. The molecule has 0 aromatic heterocycles. The Morgan fingerprint density at radius 2 is 1.81 bits per heavy atom. The highest BCUT2D eigenvalue weighted by molar-refractivity contribution is 5.43. The first-order valence-corrected chi connectivity index (χ1v) is 5.11. The van der Waals surface area contributed by atoms with Crippen molar-refractivity contribution in [2.24, 2.45) is 0 Å². The molecule has 0 unspecified atom stereocenters. The van der Waals surface area contributed by atoms with Crippen LogP contribution in [0, 0.1) is 17.5 Å². The van der Waals surface area contributed by atoms with E-state index in [-0.39, 0.29) is 5.69 Å². The third kappa shape index (κ3) is 3.73. The topological polar surface area (TPSA) is 21.3 Å². The summed E-state index contributed by atoms with van der Waals surface area (Å²) in [6.07, 6.45) is 0.717. The first-order valence-electron chi connectivity index (χ1n) is 5.11. The van der Waals surface area contributed by atoms with Gasteiger partial charge in [0.05, 0.1) is 0 Å². The Labute approximate surface area is 92.4 Å². The first-order chi connectivity index (χ1) is 7.65. The number of anilines is 1. The summed E-state index contributed by atoms with van der Waals surface area (Å²) in [7, 11) is 0. The summed E-state index contributed by atoms with van der Waals surface area (Å²) in [6, 6.07) is 1.86. The molecule has 0 aliphatic heterocycles. The lowest BCUT2D eigenvalue weighted by Gasteiger charge is -2.07. The van der Waals surface area contributed by atoms with Crippen LogP contribution in [-0.4, -0.2) is 19.8 Å². The summed E-state index contributed by atoms with van der Waals surface area (Å²) in [5.41, 5.74) is 0.230. The third-order valence-electron chi connectivity index (χ3n) is 1.98. The van der Waals surface area contributed by atoms with Crippen LogP contribution < -0.4 is 5.32 Å². The van der Waals surface area contributed by atoms with Crippen LogP contribution in [0.15, 0.2) is 12.1 Å². The normalized spacial score (nSPS) is 10.5. The second-order valence-electron chi connectivity index (χ2n) is 3.23. The minimum absolute atomic E-state index is 0.230. The highest BCUT2D eigenvalue weighted by Gasteiger charge is 2.09. The number of hydrogen-bond donors (Lipinski definition) is 1. The Kier molecular flexibility index (Phi) is 5.11. The molecule has 0 radical (unpaired) electrons. The lowest BCUT2D eigenvalue weighted by atomic mass is 10.3. The van der Waals surface area contributed by atoms with E-state index >= 15 is 0 Å². The quantitative estimate of drug-likeness (QED) is 0.602. The highest BCUT2D eigenvalue weighted by atomic mass is 19.2. The summed E-state index contributed by atoms with van der Waals surface area (Å²) in [5, 5.41) is 2.79. The van der Waals surface area contributed by atoms with Gasteiger partial charge in [0.25, 0.3) is 0 Å². The summed E-state index contributed by atoms with van der Waals surface area (Å²) in [6.45, 7) is 3.62. The maximum absolute atomic E-state index is 12.8. The average Bonchev–Trinajstić information content (AvgIpc) is 2.25. The van der Waals surface area contributed by atoms with E-state index in [2.05, 4.69) is 5.32 Å². The number of ether oxygens (including phenoxy) is 1. The van der Waals surface area contributed by atoms with Crippen molar-refractivity contribution in [2.75, 3.05) is 25.1 Å². The van der Waals surface area contributed by atoms with Crippen LogP contribution in [0.1, 0.15) is 13.3 Å². The zero-order valence-electron chi connectivity index (χ0n) is 9.03. The fourth-order valence-corrected chi connectivity index (χ4v) is 1.21. The van der Waals surface area contributed by atoms with Gasteiger partial charge in [0, 0.05) is 37.6 Å². The first kappa shape index (κ1) is 12.8. The SMILES string of the molecule is CCOCCCNc1cc(F)c(F)c(F)c1. The molecule has 0 fully saturated rings. The van der Waals surface area contributed by atoms with Gasteiger partial charge in [0.1, 0.15) is 0 Å². The van der Waals surface area contributed by atoms with Crippen molar-refractivity contribution in [3.8, 4) is 0 Å². The molecule has 0 atom stereocenters. The van der Waals surface area contributed by atoms with Gasteiger partial charge in [0.2, 0.25) is 0 Å². The van der Waals surface area contributed by atoms with Crippen molar-refractivity contribution in [2.45, 2.75) is 13.3 Å². The van der Waals surface area contributed by atoms with Crippen molar-refractivity contribution in [3.63, 3.8) is 0 Å². The zero-order chi connectivity index (χ0) is 12.0. The molecule has 1 rings (SSSR count). The molecule has 2 nitrogen and oxygen atoms in total. The van der Waals surface area contributed by atoms with E-state index in [9.17, 15) is 13.2 Å². The molecule has 1 N–H and O–H groups in total. The lowest BCUT2D eigenvalue weighted by Crippen LogP contribution is -2.06. The van der Waals surface area contributed by atoms with Crippen LogP contribution in [0.25, 0.3) is 0 Å².